The van der Waals surface area contributed by atoms with E-state index in [1.54, 1.807) is 6.07 Å². The van der Waals surface area contributed by atoms with Crippen molar-refractivity contribution in [1.29, 1.82) is 0 Å². The first-order valence-corrected chi connectivity index (χ1v) is 8.78. The molecule has 0 saturated carbocycles. The second-order valence-electron chi connectivity index (χ2n) is 5.34. The van der Waals surface area contributed by atoms with Gasteiger partial charge >= 0.3 is 10.4 Å². The average molecular weight is 337 g/mol. The summed E-state index contributed by atoms with van der Waals surface area (Å²) in [7, 11) is -2.13. The third-order valence-corrected chi connectivity index (χ3v) is 4.53. The lowest BCUT2D eigenvalue weighted by molar-refractivity contribution is 0.281. The van der Waals surface area contributed by atoms with Gasteiger partial charge in [-0.3, -0.25) is 4.99 Å². The second-order valence-corrected chi connectivity index (χ2v) is 6.55. The maximum Gasteiger partial charge on any atom is 0.449 e. The molecule has 1 aromatic carbocycles. The molecule has 0 aliphatic carbocycles. The topological polar surface area (TPSA) is 84.0 Å². The van der Waals surface area contributed by atoms with E-state index in [1.165, 1.54) is 6.20 Å². The van der Waals surface area contributed by atoms with Gasteiger partial charge in [0, 0.05) is 37.1 Å². The molecule has 8 heteroatoms. The van der Waals surface area contributed by atoms with Crippen molar-refractivity contribution >= 4 is 27.1 Å². The molecule has 0 spiro atoms. The van der Waals surface area contributed by atoms with E-state index in [0.717, 1.165) is 30.7 Å². The van der Waals surface area contributed by atoms with Gasteiger partial charge in [-0.15, -0.1) is 0 Å². The molecular weight excluding hydrogens is 318 g/mol. The summed E-state index contributed by atoms with van der Waals surface area (Å²) in [5.74, 6) is 1.21. The van der Waals surface area contributed by atoms with Crippen molar-refractivity contribution in [3.05, 3.63) is 30.5 Å². The number of rotatable bonds is 6. The highest BCUT2D eigenvalue weighted by Crippen LogP contribution is 2.26. The molecule has 7 nitrogen and oxygen atoms in total. The van der Waals surface area contributed by atoms with Crippen molar-refractivity contribution in [3.8, 4) is 5.75 Å². The summed E-state index contributed by atoms with van der Waals surface area (Å²) in [6.07, 6.45) is 3.51. The van der Waals surface area contributed by atoms with Gasteiger partial charge in [-0.05, 0) is 18.6 Å². The van der Waals surface area contributed by atoms with Crippen molar-refractivity contribution in [3.63, 3.8) is 0 Å². The van der Waals surface area contributed by atoms with Crippen LogP contribution in [0.1, 0.15) is 12.8 Å². The minimum atomic E-state index is -4.11. The number of para-hydroxylation sites is 1. The largest absolute Gasteiger partial charge is 0.449 e. The van der Waals surface area contributed by atoms with Crippen LogP contribution in [0.4, 0.5) is 0 Å². The van der Waals surface area contributed by atoms with Crippen molar-refractivity contribution in [2.24, 2.45) is 4.99 Å². The summed E-state index contributed by atoms with van der Waals surface area (Å²) in [6.45, 7) is 1.24. The van der Waals surface area contributed by atoms with E-state index in [0.29, 0.717) is 5.39 Å². The molecule has 1 saturated heterocycles. The third-order valence-electron chi connectivity index (χ3n) is 3.69. The highest BCUT2D eigenvalue weighted by atomic mass is 32.3. The Morgan fingerprint density at radius 3 is 2.96 bits per heavy atom. The molecule has 1 aliphatic rings. The van der Waals surface area contributed by atoms with Gasteiger partial charge in [0.25, 0.3) is 0 Å². The summed E-state index contributed by atoms with van der Waals surface area (Å²) in [6, 6.07) is 7.28. The molecule has 0 amide bonds. The van der Waals surface area contributed by atoms with Crippen LogP contribution in [-0.4, -0.2) is 50.9 Å². The molecule has 0 atom stereocenters. The summed E-state index contributed by atoms with van der Waals surface area (Å²) < 4.78 is 33.6. The number of hydrogen-bond donors (Lipinski definition) is 1. The lowest BCUT2D eigenvalue weighted by Crippen LogP contribution is -2.20. The van der Waals surface area contributed by atoms with Crippen LogP contribution >= 0.6 is 0 Å². The molecule has 3 rings (SSSR count). The Labute approximate surface area is 135 Å². The molecule has 1 N–H and O–H groups in total. The van der Waals surface area contributed by atoms with E-state index in [1.807, 2.05) is 25.2 Å². The Bertz CT molecular complexity index is 813. The Balaban J connectivity index is 1.57. The van der Waals surface area contributed by atoms with E-state index < -0.39 is 10.4 Å². The van der Waals surface area contributed by atoms with E-state index in [4.69, 9.17) is 8.37 Å². The highest BCUT2D eigenvalue weighted by Gasteiger charge is 2.17. The summed E-state index contributed by atoms with van der Waals surface area (Å²) in [5, 5.41) is 0.687. The van der Waals surface area contributed by atoms with Gasteiger partial charge in [0.1, 0.15) is 0 Å². The molecule has 0 radical (unpaired) electrons. The first-order chi connectivity index (χ1) is 11.1. The van der Waals surface area contributed by atoms with Crippen molar-refractivity contribution in [1.82, 2.24) is 9.88 Å². The van der Waals surface area contributed by atoms with Crippen LogP contribution in [0.3, 0.4) is 0 Å². The van der Waals surface area contributed by atoms with E-state index in [2.05, 4.69) is 14.9 Å². The fourth-order valence-corrected chi connectivity index (χ4v) is 3.24. The van der Waals surface area contributed by atoms with Crippen LogP contribution in [0.15, 0.2) is 35.5 Å². The lowest BCUT2D eigenvalue weighted by atomic mass is 10.2. The van der Waals surface area contributed by atoms with Crippen LogP contribution in [0.2, 0.25) is 0 Å². The van der Waals surface area contributed by atoms with Crippen LogP contribution in [0.25, 0.3) is 10.9 Å². The molecule has 1 aliphatic heterocycles. The Hall–Kier alpha value is -2.06. The predicted octanol–water partition coefficient (Wildman–Crippen LogP) is 1.93. The SMILES string of the molecule is CN1CCCC1=NCCOS(=O)(=O)Oc1c[nH]c2ccccc12. The fourth-order valence-electron chi connectivity index (χ4n) is 2.56. The van der Waals surface area contributed by atoms with Crippen molar-refractivity contribution in [2.75, 3.05) is 26.7 Å². The zero-order valence-corrected chi connectivity index (χ0v) is 13.7. The predicted molar refractivity (Wildman–Crippen MR) is 88.0 cm³/mol. The first kappa shape index (κ1) is 15.8. The Morgan fingerprint density at radius 1 is 1.35 bits per heavy atom. The quantitative estimate of drug-likeness (QED) is 0.814. The van der Waals surface area contributed by atoms with Crippen molar-refractivity contribution in [2.45, 2.75) is 12.8 Å². The number of aromatic nitrogens is 1. The first-order valence-electron chi connectivity index (χ1n) is 7.44. The fraction of sp³-hybridized carbons (Fsp3) is 0.400. The Kier molecular flexibility index (Phi) is 4.53. The zero-order chi connectivity index (χ0) is 16.3. The molecule has 2 aromatic rings. The molecule has 1 fully saturated rings. The van der Waals surface area contributed by atoms with E-state index in [9.17, 15) is 8.42 Å². The third kappa shape index (κ3) is 3.83. The highest BCUT2D eigenvalue weighted by molar-refractivity contribution is 7.82. The number of likely N-dealkylation sites (tertiary alicyclic amines) is 1. The number of aromatic amines is 1. The minimum Gasteiger partial charge on any atom is -0.363 e. The van der Waals surface area contributed by atoms with Crippen molar-refractivity contribution < 1.29 is 16.8 Å². The normalized spacial score (nSPS) is 17.3. The number of nitrogens with zero attached hydrogens (tertiary/aromatic N) is 2. The van der Waals surface area contributed by atoms with E-state index >= 15 is 0 Å². The smallest absolute Gasteiger partial charge is 0.363 e. The standard InChI is InChI=1S/C15H19N3O4S/c1-18-9-4-7-15(18)16-8-10-21-23(19,20)22-14-11-17-13-6-3-2-5-12(13)14/h2-3,5-6,11,17H,4,7-10H2,1H3. The van der Waals surface area contributed by atoms with Gasteiger partial charge in [-0.2, -0.15) is 8.42 Å². The molecular formula is C15H19N3O4S. The minimum absolute atomic E-state index is 0.0397. The molecule has 0 unspecified atom stereocenters. The monoisotopic (exact) mass is 337 g/mol. The summed E-state index contributed by atoms with van der Waals surface area (Å²) >= 11 is 0. The van der Waals surface area contributed by atoms with Gasteiger partial charge in [0.15, 0.2) is 5.75 Å². The Morgan fingerprint density at radius 2 is 2.17 bits per heavy atom. The molecule has 23 heavy (non-hydrogen) atoms. The summed E-state index contributed by atoms with van der Waals surface area (Å²) in [4.78, 5) is 9.36. The van der Waals surface area contributed by atoms with Gasteiger partial charge in [-0.25, -0.2) is 4.18 Å². The van der Waals surface area contributed by atoms with Gasteiger partial charge < -0.3 is 14.1 Å². The zero-order valence-electron chi connectivity index (χ0n) is 12.9. The molecule has 2 heterocycles. The summed E-state index contributed by atoms with van der Waals surface area (Å²) in [5.41, 5.74) is 0.799. The van der Waals surface area contributed by atoms with Crippen LogP contribution in [0, 0.1) is 0 Å². The molecule has 0 bridgehead atoms. The number of fused-ring (bicyclic) bond motifs is 1. The van der Waals surface area contributed by atoms with E-state index in [-0.39, 0.29) is 18.9 Å². The number of H-pyrrole nitrogens is 1. The van der Waals surface area contributed by atoms with Crippen LogP contribution < -0.4 is 4.18 Å². The lowest BCUT2D eigenvalue weighted by Gasteiger charge is -2.11. The number of nitrogens with one attached hydrogen (secondary N) is 1. The maximum absolute atomic E-state index is 11.9. The number of hydrogen-bond acceptors (Lipinski definition) is 5. The van der Waals surface area contributed by atoms with Crippen LogP contribution in [-0.2, 0) is 14.6 Å². The maximum atomic E-state index is 11.9. The molecule has 124 valence electrons. The van der Waals surface area contributed by atoms with Crippen LogP contribution in [0.5, 0.6) is 5.75 Å². The number of benzene rings is 1. The second kappa shape index (κ2) is 6.59. The van der Waals surface area contributed by atoms with Gasteiger partial charge in [0.2, 0.25) is 0 Å². The average Bonchev–Trinajstić information content (AvgIpc) is 3.11. The van der Waals surface area contributed by atoms with Gasteiger partial charge in [0.05, 0.1) is 19.0 Å². The number of amidine groups is 1. The molecule has 1 aromatic heterocycles. The number of aliphatic imine (C=N–C) groups is 1. The van der Waals surface area contributed by atoms with Gasteiger partial charge in [-0.1, -0.05) is 12.1 Å².